The largest absolute Gasteiger partial charge is 0.493 e. The lowest BCUT2D eigenvalue weighted by Crippen LogP contribution is -2.14. The number of benzene rings is 3. The fraction of sp³-hybridized carbons (Fsp3) is 0.192. The molecule has 1 aromatic heterocycles. The summed E-state index contributed by atoms with van der Waals surface area (Å²) < 4.78 is 18.4. The Balaban J connectivity index is 1.59. The molecule has 1 heterocycles. The van der Waals surface area contributed by atoms with Gasteiger partial charge in [0.05, 0.1) is 32.7 Å². The maximum absolute atomic E-state index is 5.61. The number of ether oxygens (including phenoxy) is 3. The molecule has 0 atom stereocenters. The molecule has 0 aliphatic rings. The summed E-state index contributed by atoms with van der Waals surface area (Å²) in [6.45, 7) is 1.25. The number of para-hydroxylation sites is 1. The Hall–Kier alpha value is -3.77. The Kier molecular flexibility index (Phi) is 6.72. The Bertz CT molecular complexity index is 1160. The van der Waals surface area contributed by atoms with Crippen LogP contribution >= 0.6 is 0 Å². The van der Waals surface area contributed by atoms with Gasteiger partial charge in [0.2, 0.25) is 5.75 Å². The van der Waals surface area contributed by atoms with Crippen LogP contribution in [0.1, 0.15) is 11.1 Å². The zero-order chi connectivity index (χ0) is 22.3. The van der Waals surface area contributed by atoms with Crippen molar-refractivity contribution in [2.24, 2.45) is 0 Å². The minimum atomic E-state index is 0.594. The van der Waals surface area contributed by atoms with Gasteiger partial charge < -0.3 is 19.5 Å². The fourth-order valence-corrected chi connectivity index (χ4v) is 3.73. The van der Waals surface area contributed by atoms with Crippen LogP contribution in [0.4, 0.5) is 0 Å². The Morgan fingerprint density at radius 3 is 2.03 bits per heavy atom. The maximum Gasteiger partial charge on any atom is 0.203 e. The van der Waals surface area contributed by atoms with Gasteiger partial charge in [-0.05, 0) is 18.2 Å². The molecular weight excluding hydrogens is 402 g/mol. The van der Waals surface area contributed by atoms with E-state index in [-0.39, 0.29) is 0 Å². The van der Waals surface area contributed by atoms with Gasteiger partial charge in [-0.3, -0.25) is 0 Å². The highest BCUT2D eigenvalue weighted by Crippen LogP contribution is 2.39. The minimum Gasteiger partial charge on any atom is -0.493 e. The summed E-state index contributed by atoms with van der Waals surface area (Å²) in [5, 5.41) is 8.40. The van der Waals surface area contributed by atoms with Crippen LogP contribution in [0.15, 0.2) is 79.0 Å². The Labute approximate surface area is 188 Å². The number of aromatic nitrogens is 2. The molecule has 0 spiro atoms. The SMILES string of the molecule is COc1ccc(CNCc2cn(-c3ccccc3)nc2-c2ccccc2)c(OC)c1OC. The van der Waals surface area contributed by atoms with Crippen LogP contribution in [0, 0.1) is 0 Å². The van der Waals surface area contributed by atoms with Crippen LogP contribution in [-0.4, -0.2) is 31.1 Å². The predicted molar refractivity (Wildman–Crippen MR) is 126 cm³/mol. The average Bonchev–Trinajstić information content (AvgIpc) is 3.28. The van der Waals surface area contributed by atoms with Crippen molar-refractivity contribution in [2.75, 3.05) is 21.3 Å². The fourth-order valence-electron chi connectivity index (χ4n) is 3.73. The van der Waals surface area contributed by atoms with Crippen molar-refractivity contribution in [1.29, 1.82) is 0 Å². The van der Waals surface area contributed by atoms with Crippen molar-refractivity contribution in [3.8, 4) is 34.2 Å². The molecular formula is C26H27N3O3. The molecule has 32 heavy (non-hydrogen) atoms. The smallest absolute Gasteiger partial charge is 0.203 e. The zero-order valence-corrected chi connectivity index (χ0v) is 18.5. The summed E-state index contributed by atoms with van der Waals surface area (Å²) in [5.74, 6) is 1.90. The molecule has 3 aromatic carbocycles. The van der Waals surface area contributed by atoms with E-state index in [1.807, 2.05) is 65.3 Å². The van der Waals surface area contributed by atoms with Crippen molar-refractivity contribution in [1.82, 2.24) is 15.1 Å². The maximum atomic E-state index is 5.61. The van der Waals surface area contributed by atoms with Crippen LogP contribution in [0.2, 0.25) is 0 Å². The molecule has 6 heteroatoms. The standard InChI is InChI=1S/C26H27N3O3/c1-30-23-15-14-20(25(31-2)26(23)32-3)16-27-17-21-18-29(22-12-8-5-9-13-22)28-24(21)19-10-6-4-7-11-19/h4-15,18,27H,16-17H2,1-3H3. The summed E-state index contributed by atoms with van der Waals surface area (Å²) >= 11 is 0. The van der Waals surface area contributed by atoms with Crippen LogP contribution in [0.3, 0.4) is 0 Å². The molecule has 0 saturated heterocycles. The normalized spacial score (nSPS) is 10.7. The Morgan fingerprint density at radius 2 is 1.38 bits per heavy atom. The first-order valence-electron chi connectivity index (χ1n) is 10.4. The number of hydrogen-bond acceptors (Lipinski definition) is 5. The molecule has 0 saturated carbocycles. The van der Waals surface area contributed by atoms with Crippen LogP contribution in [-0.2, 0) is 13.1 Å². The van der Waals surface area contributed by atoms with E-state index in [1.165, 1.54) is 0 Å². The van der Waals surface area contributed by atoms with Gasteiger partial charge in [-0.1, -0.05) is 54.6 Å². The molecule has 0 fully saturated rings. The molecule has 6 nitrogen and oxygen atoms in total. The van der Waals surface area contributed by atoms with Gasteiger partial charge in [0, 0.05) is 36.0 Å². The summed E-state index contributed by atoms with van der Waals surface area (Å²) in [7, 11) is 4.87. The van der Waals surface area contributed by atoms with Gasteiger partial charge in [0.25, 0.3) is 0 Å². The van der Waals surface area contributed by atoms with Crippen molar-refractivity contribution in [3.63, 3.8) is 0 Å². The van der Waals surface area contributed by atoms with Crippen LogP contribution < -0.4 is 19.5 Å². The third kappa shape index (κ3) is 4.45. The van der Waals surface area contributed by atoms with Gasteiger partial charge in [-0.2, -0.15) is 5.10 Å². The molecule has 164 valence electrons. The number of methoxy groups -OCH3 is 3. The quantitative estimate of drug-likeness (QED) is 0.412. The Morgan fingerprint density at radius 1 is 0.719 bits per heavy atom. The molecule has 1 N–H and O–H groups in total. The van der Waals surface area contributed by atoms with E-state index in [4.69, 9.17) is 19.3 Å². The predicted octanol–water partition coefficient (Wildman–Crippen LogP) is 4.85. The molecule has 0 bridgehead atoms. The lowest BCUT2D eigenvalue weighted by Gasteiger charge is -2.16. The van der Waals surface area contributed by atoms with Crippen LogP contribution in [0.5, 0.6) is 17.2 Å². The molecule has 4 aromatic rings. The average molecular weight is 430 g/mol. The van der Waals surface area contributed by atoms with Gasteiger partial charge in [0.1, 0.15) is 0 Å². The first-order chi connectivity index (χ1) is 15.7. The third-order valence-corrected chi connectivity index (χ3v) is 5.27. The van der Waals surface area contributed by atoms with Crippen LogP contribution in [0.25, 0.3) is 16.9 Å². The second-order valence-corrected chi connectivity index (χ2v) is 7.25. The van der Waals surface area contributed by atoms with E-state index in [2.05, 4.69) is 23.6 Å². The van der Waals surface area contributed by atoms with Gasteiger partial charge in [-0.25, -0.2) is 4.68 Å². The first kappa shape index (κ1) is 21.5. The van der Waals surface area contributed by atoms with Crippen molar-refractivity contribution >= 4 is 0 Å². The topological polar surface area (TPSA) is 57.5 Å². The van der Waals surface area contributed by atoms with E-state index in [0.29, 0.717) is 30.3 Å². The van der Waals surface area contributed by atoms with Gasteiger partial charge >= 0.3 is 0 Å². The second-order valence-electron chi connectivity index (χ2n) is 7.25. The molecule has 0 aliphatic heterocycles. The van der Waals surface area contributed by atoms with E-state index >= 15 is 0 Å². The lowest BCUT2D eigenvalue weighted by molar-refractivity contribution is 0.321. The van der Waals surface area contributed by atoms with Crippen molar-refractivity contribution in [3.05, 3.63) is 90.1 Å². The molecule has 0 unspecified atom stereocenters. The second kappa shape index (κ2) is 10.0. The molecule has 4 rings (SSSR count). The highest BCUT2D eigenvalue weighted by atomic mass is 16.5. The highest BCUT2D eigenvalue weighted by molar-refractivity contribution is 5.63. The first-order valence-corrected chi connectivity index (χ1v) is 10.4. The summed E-state index contributed by atoms with van der Waals surface area (Å²) in [6, 6.07) is 24.2. The third-order valence-electron chi connectivity index (χ3n) is 5.27. The molecule has 0 amide bonds. The summed E-state index contributed by atoms with van der Waals surface area (Å²) in [4.78, 5) is 0. The summed E-state index contributed by atoms with van der Waals surface area (Å²) in [6.07, 6.45) is 2.08. The number of rotatable bonds is 9. The van der Waals surface area contributed by atoms with Gasteiger partial charge in [-0.15, -0.1) is 0 Å². The van der Waals surface area contributed by atoms with Crippen molar-refractivity contribution in [2.45, 2.75) is 13.1 Å². The van der Waals surface area contributed by atoms with E-state index < -0.39 is 0 Å². The van der Waals surface area contributed by atoms with Crippen molar-refractivity contribution < 1.29 is 14.2 Å². The highest BCUT2D eigenvalue weighted by Gasteiger charge is 2.16. The number of nitrogens with zero attached hydrogens (tertiary/aromatic N) is 2. The molecule has 0 aliphatic carbocycles. The van der Waals surface area contributed by atoms with Gasteiger partial charge in [0.15, 0.2) is 11.5 Å². The minimum absolute atomic E-state index is 0.594. The zero-order valence-electron chi connectivity index (χ0n) is 18.5. The number of hydrogen-bond donors (Lipinski definition) is 1. The lowest BCUT2D eigenvalue weighted by atomic mass is 10.1. The monoisotopic (exact) mass is 429 g/mol. The summed E-state index contributed by atoms with van der Waals surface area (Å²) in [5.41, 5.74) is 5.17. The van der Waals surface area contributed by atoms with E-state index in [9.17, 15) is 0 Å². The molecule has 0 radical (unpaired) electrons. The van der Waals surface area contributed by atoms with E-state index in [0.717, 1.165) is 28.1 Å². The number of nitrogens with one attached hydrogen (secondary N) is 1. The van der Waals surface area contributed by atoms with E-state index in [1.54, 1.807) is 21.3 Å².